The second-order valence-electron chi connectivity index (χ2n) is 4.89. The number of ether oxygens (including phenoxy) is 2. The van der Waals surface area contributed by atoms with Gasteiger partial charge in [-0.2, -0.15) is 0 Å². The minimum absolute atomic E-state index is 0.0694. The molecule has 0 spiro atoms. The average molecular weight is 295 g/mol. The molecule has 2 heterocycles. The number of esters is 2. The fourth-order valence-electron chi connectivity index (χ4n) is 2.62. The van der Waals surface area contributed by atoms with Gasteiger partial charge in [0.1, 0.15) is 0 Å². The Hall–Kier alpha value is -2.15. The van der Waals surface area contributed by atoms with Gasteiger partial charge in [-0.05, 0) is 18.9 Å². The van der Waals surface area contributed by atoms with E-state index in [1.807, 2.05) is 0 Å². The van der Waals surface area contributed by atoms with Crippen LogP contribution in [0.3, 0.4) is 0 Å². The van der Waals surface area contributed by atoms with Crippen molar-refractivity contribution in [3.05, 3.63) is 33.2 Å². The van der Waals surface area contributed by atoms with E-state index in [0.717, 1.165) is 0 Å². The van der Waals surface area contributed by atoms with E-state index in [0.29, 0.717) is 13.0 Å². The van der Waals surface area contributed by atoms with Crippen molar-refractivity contribution in [1.29, 1.82) is 0 Å². The number of carbonyl (C=O) groups is 2. The molecule has 0 radical (unpaired) electrons. The Bertz CT molecular complexity index is 648. The summed E-state index contributed by atoms with van der Waals surface area (Å²) in [6.45, 7) is 1.86. The third-order valence-corrected chi connectivity index (χ3v) is 3.73. The molecule has 114 valence electrons. The number of fused-ring (bicyclic) bond motifs is 1. The minimum Gasteiger partial charge on any atom is -0.469 e. The van der Waals surface area contributed by atoms with Gasteiger partial charge in [0.25, 0.3) is 5.56 Å². The zero-order chi connectivity index (χ0) is 15.7. The molecule has 0 saturated carbocycles. The molecule has 1 aliphatic rings. The van der Waals surface area contributed by atoms with Crippen molar-refractivity contribution < 1.29 is 24.2 Å². The number of hydrogen-bond donors (Lipinski definition) is 1. The first-order valence-electron chi connectivity index (χ1n) is 6.54. The maximum atomic E-state index is 12.1. The number of methoxy groups -OCH3 is 2. The summed E-state index contributed by atoms with van der Waals surface area (Å²) in [5.74, 6) is -2.07. The highest BCUT2D eigenvalue weighted by molar-refractivity contribution is 5.94. The van der Waals surface area contributed by atoms with Crippen LogP contribution in [0.2, 0.25) is 0 Å². The van der Waals surface area contributed by atoms with E-state index < -0.39 is 24.0 Å². The lowest BCUT2D eigenvalue weighted by atomic mass is 9.94. The molecule has 1 N–H and O–H groups in total. The van der Waals surface area contributed by atoms with Crippen LogP contribution in [0, 0.1) is 0 Å². The summed E-state index contributed by atoms with van der Waals surface area (Å²) in [4.78, 5) is 35.9. The predicted octanol–water partition coefficient (Wildman–Crippen LogP) is 0.348. The summed E-state index contributed by atoms with van der Waals surface area (Å²) in [7, 11) is 2.43. The van der Waals surface area contributed by atoms with Gasteiger partial charge in [-0.15, -0.1) is 0 Å². The molecular formula is C14H17NO6. The predicted molar refractivity (Wildman–Crippen MR) is 72.0 cm³/mol. The molecule has 1 aromatic rings. The normalized spacial score (nSPS) is 18.0. The Morgan fingerprint density at radius 3 is 2.62 bits per heavy atom. The van der Waals surface area contributed by atoms with Crippen molar-refractivity contribution in [2.24, 2.45) is 0 Å². The fraction of sp³-hybridized carbons (Fsp3) is 0.500. The van der Waals surface area contributed by atoms with Gasteiger partial charge < -0.3 is 19.1 Å². The molecular weight excluding hydrogens is 278 g/mol. The van der Waals surface area contributed by atoms with Crippen molar-refractivity contribution in [1.82, 2.24) is 4.57 Å². The summed E-state index contributed by atoms with van der Waals surface area (Å²) in [5, 5.41) is 10.0. The molecule has 0 amide bonds. The van der Waals surface area contributed by atoms with Crippen LogP contribution >= 0.6 is 0 Å². The molecule has 1 aromatic heterocycles. The van der Waals surface area contributed by atoms with Crippen molar-refractivity contribution in [2.75, 3.05) is 14.2 Å². The first-order chi connectivity index (χ1) is 9.92. The van der Waals surface area contributed by atoms with Crippen molar-refractivity contribution >= 4 is 11.9 Å². The van der Waals surface area contributed by atoms with Gasteiger partial charge in [0, 0.05) is 12.6 Å². The molecule has 0 aromatic carbocycles. The van der Waals surface area contributed by atoms with E-state index in [1.54, 1.807) is 0 Å². The molecule has 0 saturated heterocycles. The molecule has 21 heavy (non-hydrogen) atoms. The average Bonchev–Trinajstić information content (AvgIpc) is 2.87. The third kappa shape index (κ3) is 2.44. The van der Waals surface area contributed by atoms with E-state index in [1.165, 1.54) is 31.8 Å². The molecule has 1 aliphatic heterocycles. The Labute approximate surface area is 121 Å². The number of pyridine rings is 1. The van der Waals surface area contributed by atoms with Gasteiger partial charge >= 0.3 is 11.9 Å². The lowest BCUT2D eigenvalue weighted by Crippen LogP contribution is -2.27. The van der Waals surface area contributed by atoms with Crippen LogP contribution in [0.1, 0.15) is 47.0 Å². The Morgan fingerprint density at radius 1 is 1.38 bits per heavy atom. The van der Waals surface area contributed by atoms with Crippen LogP contribution in [-0.4, -0.2) is 35.8 Å². The summed E-state index contributed by atoms with van der Waals surface area (Å²) < 4.78 is 10.7. The molecule has 2 atom stereocenters. The first-order valence-corrected chi connectivity index (χ1v) is 6.54. The topological polar surface area (TPSA) is 94.8 Å². The highest BCUT2D eigenvalue weighted by Crippen LogP contribution is 2.32. The minimum atomic E-state index is -0.934. The van der Waals surface area contributed by atoms with E-state index in [-0.39, 0.29) is 22.4 Å². The summed E-state index contributed by atoms with van der Waals surface area (Å²) in [6, 6.07) is 1.23. The summed E-state index contributed by atoms with van der Waals surface area (Å²) in [6.07, 6.45) is -0.591. The number of carbonyl (C=O) groups excluding carboxylic acids is 2. The SMILES string of the molecule is COC(=O)c1c(C(C)C(=O)OC)cc(=O)n2c1C(O)CC2. The van der Waals surface area contributed by atoms with Gasteiger partial charge in [-0.3, -0.25) is 9.59 Å². The van der Waals surface area contributed by atoms with Crippen LogP contribution in [0.25, 0.3) is 0 Å². The Balaban J connectivity index is 2.73. The van der Waals surface area contributed by atoms with Crippen molar-refractivity contribution in [3.63, 3.8) is 0 Å². The van der Waals surface area contributed by atoms with E-state index >= 15 is 0 Å². The Morgan fingerprint density at radius 2 is 2.05 bits per heavy atom. The second-order valence-corrected chi connectivity index (χ2v) is 4.89. The van der Waals surface area contributed by atoms with Crippen LogP contribution < -0.4 is 5.56 Å². The standard InChI is InChI=1S/C14H17NO6/c1-7(13(18)20-2)8-6-10(17)15-5-4-9(16)12(15)11(8)14(19)21-3/h6-7,9,16H,4-5H2,1-3H3. The lowest BCUT2D eigenvalue weighted by Gasteiger charge is -2.18. The maximum Gasteiger partial charge on any atom is 0.340 e. The van der Waals surface area contributed by atoms with Crippen LogP contribution in [0.4, 0.5) is 0 Å². The fourth-order valence-corrected chi connectivity index (χ4v) is 2.62. The monoisotopic (exact) mass is 295 g/mol. The molecule has 0 fully saturated rings. The van der Waals surface area contributed by atoms with Crippen molar-refractivity contribution in [3.8, 4) is 0 Å². The van der Waals surface area contributed by atoms with Gasteiger partial charge in [0.2, 0.25) is 0 Å². The van der Waals surface area contributed by atoms with Crippen LogP contribution in [0.15, 0.2) is 10.9 Å². The maximum absolute atomic E-state index is 12.1. The number of hydrogen-bond acceptors (Lipinski definition) is 6. The number of aliphatic hydroxyl groups excluding tert-OH is 1. The highest BCUT2D eigenvalue weighted by Gasteiger charge is 2.33. The van der Waals surface area contributed by atoms with E-state index in [9.17, 15) is 19.5 Å². The van der Waals surface area contributed by atoms with Gasteiger partial charge in [-0.25, -0.2) is 4.79 Å². The van der Waals surface area contributed by atoms with Crippen LogP contribution in [0.5, 0.6) is 0 Å². The second kappa shape index (κ2) is 5.69. The Kier molecular flexibility index (Phi) is 4.13. The van der Waals surface area contributed by atoms with E-state index in [4.69, 9.17) is 4.74 Å². The number of nitrogens with zero attached hydrogens (tertiary/aromatic N) is 1. The zero-order valence-corrected chi connectivity index (χ0v) is 12.1. The number of aliphatic hydroxyl groups is 1. The molecule has 2 unspecified atom stereocenters. The molecule has 2 rings (SSSR count). The zero-order valence-electron chi connectivity index (χ0n) is 12.1. The quantitative estimate of drug-likeness (QED) is 0.808. The lowest BCUT2D eigenvalue weighted by molar-refractivity contribution is -0.142. The highest BCUT2D eigenvalue weighted by atomic mass is 16.5. The van der Waals surface area contributed by atoms with E-state index in [2.05, 4.69) is 4.74 Å². The van der Waals surface area contributed by atoms with Gasteiger partial charge in [0.15, 0.2) is 0 Å². The summed E-state index contributed by atoms with van der Waals surface area (Å²) in [5.41, 5.74) is 0.131. The number of rotatable bonds is 3. The van der Waals surface area contributed by atoms with Crippen molar-refractivity contribution in [2.45, 2.75) is 31.9 Å². The molecule has 7 heteroatoms. The smallest absolute Gasteiger partial charge is 0.340 e. The largest absolute Gasteiger partial charge is 0.469 e. The first kappa shape index (κ1) is 15.2. The van der Waals surface area contributed by atoms with Gasteiger partial charge in [-0.1, -0.05) is 0 Å². The summed E-state index contributed by atoms with van der Waals surface area (Å²) >= 11 is 0. The van der Waals surface area contributed by atoms with Crippen LogP contribution in [-0.2, 0) is 20.8 Å². The molecule has 0 aliphatic carbocycles. The molecule has 7 nitrogen and oxygen atoms in total. The number of aromatic nitrogens is 1. The third-order valence-electron chi connectivity index (χ3n) is 3.73. The van der Waals surface area contributed by atoms with Gasteiger partial charge in [0.05, 0.1) is 37.5 Å². The molecule has 0 bridgehead atoms.